The zero-order valence-corrected chi connectivity index (χ0v) is 21.2. The highest BCUT2D eigenvalue weighted by Gasteiger charge is 2.22. The number of carbonyl (C=O) groups excluding carboxylic acids is 1. The number of rotatable bonds is 8. The van der Waals surface area contributed by atoms with E-state index in [-0.39, 0.29) is 41.5 Å². The highest BCUT2D eigenvalue weighted by Crippen LogP contribution is 2.27. The van der Waals surface area contributed by atoms with Crippen molar-refractivity contribution in [1.82, 2.24) is 4.90 Å². The average Bonchev–Trinajstić information content (AvgIpc) is 2.86. The Bertz CT molecular complexity index is 1330. The number of aliphatic hydroxyl groups is 1. The minimum absolute atomic E-state index is 0.0170. The van der Waals surface area contributed by atoms with Gasteiger partial charge in [-0.3, -0.25) is 9.59 Å². The zero-order chi connectivity index (χ0) is 26.7. The molecule has 8 nitrogen and oxygen atoms in total. The molecule has 0 radical (unpaired) electrons. The maximum absolute atomic E-state index is 13.7. The lowest BCUT2D eigenvalue weighted by atomic mass is 10.0. The van der Waals surface area contributed by atoms with Crippen LogP contribution in [0.2, 0.25) is 0 Å². The molecule has 37 heavy (non-hydrogen) atoms. The second-order valence-corrected chi connectivity index (χ2v) is 9.34. The van der Waals surface area contributed by atoms with Crippen molar-refractivity contribution in [2.75, 3.05) is 63.3 Å². The molecule has 0 spiro atoms. The summed E-state index contributed by atoms with van der Waals surface area (Å²) in [6, 6.07) is 7.90. The molecule has 0 unspecified atom stereocenters. The largest absolute Gasteiger partial charge is 0.440 e. The van der Waals surface area contributed by atoms with E-state index in [1.54, 1.807) is 25.1 Å². The molecular weight excluding hydrogens is 484 g/mol. The van der Waals surface area contributed by atoms with E-state index in [9.17, 15) is 23.5 Å². The van der Waals surface area contributed by atoms with Gasteiger partial charge in [0.15, 0.2) is 11.3 Å². The van der Waals surface area contributed by atoms with Crippen LogP contribution in [0.5, 0.6) is 0 Å². The second kappa shape index (κ2) is 11.3. The van der Waals surface area contributed by atoms with E-state index in [1.165, 1.54) is 29.2 Å². The van der Waals surface area contributed by atoms with Gasteiger partial charge in [-0.2, -0.15) is 0 Å². The minimum Gasteiger partial charge on any atom is -0.440 e. The summed E-state index contributed by atoms with van der Waals surface area (Å²) in [7, 11) is 3.27. The highest BCUT2D eigenvalue weighted by atomic mass is 19.1. The molecule has 0 aliphatic carbocycles. The number of hydrogen-bond acceptors (Lipinski definition) is 7. The van der Waals surface area contributed by atoms with E-state index in [4.69, 9.17) is 9.15 Å². The molecule has 1 aliphatic heterocycles. The first-order valence-electron chi connectivity index (χ1n) is 12.2. The summed E-state index contributed by atoms with van der Waals surface area (Å²) < 4.78 is 39.3. The van der Waals surface area contributed by atoms with Crippen LogP contribution in [0.1, 0.15) is 22.8 Å². The van der Waals surface area contributed by atoms with Gasteiger partial charge >= 0.3 is 0 Å². The van der Waals surface area contributed by atoms with E-state index in [0.717, 1.165) is 6.07 Å². The Morgan fingerprint density at radius 1 is 1.11 bits per heavy atom. The molecule has 198 valence electrons. The van der Waals surface area contributed by atoms with Crippen molar-refractivity contribution in [3.63, 3.8) is 0 Å². The number of ether oxygens (including phenoxy) is 1. The number of carbonyl (C=O) groups is 1. The molecule has 2 aromatic carbocycles. The molecule has 1 aromatic heterocycles. The van der Waals surface area contributed by atoms with Crippen molar-refractivity contribution in [2.24, 2.45) is 0 Å². The van der Waals surface area contributed by atoms with Crippen LogP contribution in [0.3, 0.4) is 0 Å². The fourth-order valence-corrected chi connectivity index (χ4v) is 4.45. The third kappa shape index (κ3) is 6.08. The van der Waals surface area contributed by atoms with Gasteiger partial charge in [0.25, 0.3) is 5.91 Å². The lowest BCUT2D eigenvalue weighted by Crippen LogP contribution is -2.41. The number of fused-ring (bicyclic) bond motifs is 1. The fraction of sp³-hybridized carbons (Fsp3) is 0.407. The first-order valence-corrected chi connectivity index (χ1v) is 12.2. The molecule has 4 rings (SSSR count). The number of benzene rings is 2. The van der Waals surface area contributed by atoms with Crippen molar-refractivity contribution in [1.29, 1.82) is 0 Å². The van der Waals surface area contributed by atoms with Crippen LogP contribution in [-0.4, -0.2) is 75.5 Å². The quantitative estimate of drug-likeness (QED) is 0.494. The predicted octanol–water partition coefficient (Wildman–Crippen LogP) is 3.04. The Balaban J connectivity index is 1.74. The van der Waals surface area contributed by atoms with E-state index in [0.29, 0.717) is 55.4 Å². The Morgan fingerprint density at radius 2 is 1.84 bits per heavy atom. The molecule has 1 atom stereocenters. The normalized spacial score (nSPS) is 15.7. The molecule has 1 amide bonds. The lowest BCUT2D eigenvalue weighted by molar-refractivity contribution is 0.0517. The fourth-order valence-electron chi connectivity index (χ4n) is 4.45. The van der Waals surface area contributed by atoms with E-state index in [2.05, 4.69) is 0 Å². The van der Waals surface area contributed by atoms with Crippen LogP contribution in [0.4, 0.5) is 20.4 Å². The summed E-state index contributed by atoms with van der Waals surface area (Å²) >= 11 is 0. The van der Waals surface area contributed by atoms with Crippen LogP contribution < -0.4 is 15.2 Å². The van der Waals surface area contributed by atoms with E-state index in [1.807, 2.05) is 11.8 Å². The molecular formula is C27H31F2N3O5. The van der Waals surface area contributed by atoms with Crippen LogP contribution in [0.15, 0.2) is 45.6 Å². The summed E-state index contributed by atoms with van der Waals surface area (Å²) in [5, 5.41) is 9.50. The van der Waals surface area contributed by atoms with Crippen molar-refractivity contribution in [3.8, 4) is 0 Å². The number of aliphatic hydroxyl groups excluding tert-OH is 1. The number of halogens is 2. The Kier molecular flexibility index (Phi) is 8.09. The number of nitrogens with zero attached hydrogens (tertiary/aromatic N) is 3. The minimum atomic E-state index is -0.679. The Labute approximate surface area is 213 Å². The first-order chi connectivity index (χ1) is 17.7. The van der Waals surface area contributed by atoms with Gasteiger partial charge in [0.05, 0.1) is 24.7 Å². The van der Waals surface area contributed by atoms with Gasteiger partial charge in [0.1, 0.15) is 17.2 Å². The molecule has 2 heterocycles. The van der Waals surface area contributed by atoms with Crippen LogP contribution in [0, 0.1) is 11.6 Å². The maximum atomic E-state index is 13.7. The SMILES string of the molecule is C[C@@H]1CN(c2cc(=O)c3cc(C(=O)N(C)CCO)cc(CCN(C)c4cc(F)cc(F)c4)c3o2)CCO1. The summed E-state index contributed by atoms with van der Waals surface area (Å²) in [5.41, 5.74) is 1.35. The Morgan fingerprint density at radius 3 is 2.51 bits per heavy atom. The molecule has 3 aromatic rings. The topological polar surface area (TPSA) is 86.5 Å². The van der Waals surface area contributed by atoms with Crippen LogP contribution in [-0.2, 0) is 11.2 Å². The summed E-state index contributed by atoms with van der Waals surface area (Å²) in [6.45, 7) is 3.89. The van der Waals surface area contributed by atoms with E-state index < -0.39 is 11.6 Å². The standard InChI is InChI=1S/C27H31F2N3O5/c1-17-16-32(7-9-36-17)25-15-24(34)23-11-19(27(35)31(3)6-8-33)10-18(26(23)37-25)4-5-30(2)22-13-20(28)12-21(29)14-22/h10-15,17,33H,4-9,16H2,1-3H3/t17-/m1/s1. The summed E-state index contributed by atoms with van der Waals surface area (Å²) in [5.74, 6) is -1.28. The van der Waals surface area contributed by atoms with Gasteiger partial charge in [-0.1, -0.05) is 0 Å². The maximum Gasteiger partial charge on any atom is 0.253 e. The molecule has 1 N–H and O–H groups in total. The number of anilines is 2. The smallest absolute Gasteiger partial charge is 0.253 e. The van der Waals surface area contributed by atoms with Gasteiger partial charge in [-0.15, -0.1) is 0 Å². The average molecular weight is 516 g/mol. The predicted molar refractivity (Wildman–Crippen MR) is 137 cm³/mol. The zero-order valence-electron chi connectivity index (χ0n) is 21.2. The van der Waals surface area contributed by atoms with E-state index >= 15 is 0 Å². The molecule has 1 saturated heterocycles. The monoisotopic (exact) mass is 515 g/mol. The van der Waals surface area contributed by atoms with Gasteiger partial charge in [0.2, 0.25) is 0 Å². The molecule has 1 fully saturated rings. The number of amides is 1. The second-order valence-electron chi connectivity index (χ2n) is 9.34. The molecule has 10 heteroatoms. The molecule has 0 bridgehead atoms. The number of morpholine rings is 1. The number of hydrogen-bond donors (Lipinski definition) is 1. The van der Waals surface area contributed by atoms with Crippen LogP contribution in [0.25, 0.3) is 11.0 Å². The van der Waals surface area contributed by atoms with Crippen molar-refractivity contribution < 1.29 is 27.8 Å². The summed E-state index contributed by atoms with van der Waals surface area (Å²) in [6.07, 6.45) is 0.318. The van der Waals surface area contributed by atoms with Crippen molar-refractivity contribution in [3.05, 3.63) is 69.4 Å². The third-order valence-corrected chi connectivity index (χ3v) is 6.48. The van der Waals surface area contributed by atoms with Gasteiger partial charge in [0, 0.05) is 63.7 Å². The highest BCUT2D eigenvalue weighted by molar-refractivity contribution is 5.98. The third-order valence-electron chi connectivity index (χ3n) is 6.48. The first kappa shape index (κ1) is 26.6. The van der Waals surface area contributed by atoms with Gasteiger partial charge in [-0.05, 0) is 43.2 Å². The van der Waals surface area contributed by atoms with Crippen molar-refractivity contribution >= 4 is 28.4 Å². The lowest BCUT2D eigenvalue weighted by Gasteiger charge is -2.31. The van der Waals surface area contributed by atoms with Gasteiger partial charge in [-0.25, -0.2) is 8.78 Å². The number of likely N-dealkylation sites (N-methyl/N-ethyl adjacent to an activating group) is 2. The Hall–Kier alpha value is -3.50. The molecule has 1 aliphatic rings. The van der Waals surface area contributed by atoms with Crippen molar-refractivity contribution in [2.45, 2.75) is 19.4 Å². The van der Waals surface area contributed by atoms with Gasteiger partial charge < -0.3 is 29.0 Å². The molecule has 0 saturated carbocycles. The van der Waals surface area contributed by atoms with Crippen LogP contribution >= 0.6 is 0 Å². The summed E-state index contributed by atoms with van der Waals surface area (Å²) in [4.78, 5) is 31.2.